The number of carbonyl (C=O) groups is 2. The maximum atomic E-state index is 13.6. The smallest absolute Gasteiger partial charge is 0.254 e. The van der Waals surface area contributed by atoms with Crippen LogP contribution in [0, 0.1) is 5.82 Å². The van der Waals surface area contributed by atoms with Crippen molar-refractivity contribution in [3.63, 3.8) is 0 Å². The minimum absolute atomic E-state index is 0.121. The van der Waals surface area contributed by atoms with Crippen molar-refractivity contribution < 1.29 is 14.0 Å². The highest BCUT2D eigenvalue weighted by Crippen LogP contribution is 2.24. The van der Waals surface area contributed by atoms with Crippen LogP contribution in [0.2, 0.25) is 5.15 Å². The molecule has 1 aromatic carbocycles. The Morgan fingerprint density at radius 1 is 1.17 bits per heavy atom. The van der Waals surface area contributed by atoms with Crippen LogP contribution in [-0.4, -0.2) is 69.6 Å². The van der Waals surface area contributed by atoms with Gasteiger partial charge in [0.1, 0.15) is 16.8 Å². The second kappa shape index (κ2) is 12.1. The molecule has 1 unspecified atom stereocenters. The van der Waals surface area contributed by atoms with E-state index in [9.17, 15) is 14.0 Å². The van der Waals surface area contributed by atoms with Crippen molar-refractivity contribution in [2.75, 3.05) is 36.8 Å². The number of hydrogen-bond donors (Lipinski definition) is 1. The van der Waals surface area contributed by atoms with Gasteiger partial charge in [0.2, 0.25) is 5.91 Å². The first kappa shape index (κ1) is 25.8. The van der Waals surface area contributed by atoms with E-state index in [1.54, 1.807) is 23.2 Å². The highest BCUT2D eigenvalue weighted by atomic mass is 35.5. The number of nitrogens with zero attached hydrogens (tertiary/aromatic N) is 5. The van der Waals surface area contributed by atoms with Gasteiger partial charge in [-0.15, -0.1) is 0 Å². The van der Waals surface area contributed by atoms with Gasteiger partial charge in [-0.1, -0.05) is 35.5 Å². The third-order valence-corrected chi connectivity index (χ3v) is 6.75. The fourth-order valence-corrected chi connectivity index (χ4v) is 4.83. The number of anilines is 1. The summed E-state index contributed by atoms with van der Waals surface area (Å²) in [7, 11) is 0. The van der Waals surface area contributed by atoms with Gasteiger partial charge >= 0.3 is 0 Å². The molecule has 8 nitrogen and oxygen atoms in total. The van der Waals surface area contributed by atoms with Crippen LogP contribution < -0.4 is 10.2 Å². The summed E-state index contributed by atoms with van der Waals surface area (Å²) in [5, 5.41) is 3.56. The topological polar surface area (TPSA) is 91.3 Å². The van der Waals surface area contributed by atoms with E-state index in [1.165, 1.54) is 30.0 Å². The Balaban J connectivity index is 1.31. The molecule has 2 amide bonds. The highest BCUT2D eigenvalue weighted by molar-refractivity contribution is 7.99. The Bertz CT molecular complexity index is 1220. The number of thioether (sulfide) groups is 1. The molecule has 1 aliphatic heterocycles. The zero-order valence-electron chi connectivity index (χ0n) is 19.7. The monoisotopic (exact) mass is 528 g/mol. The van der Waals surface area contributed by atoms with Crippen LogP contribution in [0.1, 0.15) is 23.0 Å². The molecule has 1 atom stereocenters. The summed E-state index contributed by atoms with van der Waals surface area (Å²) in [6.45, 7) is 3.97. The van der Waals surface area contributed by atoms with Crippen molar-refractivity contribution in [1.29, 1.82) is 0 Å². The fourth-order valence-electron chi connectivity index (χ4n) is 3.92. The normalized spacial score (nSPS) is 15.6. The summed E-state index contributed by atoms with van der Waals surface area (Å²) in [6.07, 6.45) is 2.38. The molecule has 0 radical (unpaired) electrons. The first-order valence-electron chi connectivity index (χ1n) is 11.5. The molecule has 1 N–H and O–H groups in total. The molecule has 1 saturated heterocycles. The molecule has 3 aromatic rings. The van der Waals surface area contributed by atoms with E-state index in [0.29, 0.717) is 49.1 Å². The third kappa shape index (κ3) is 6.92. The molecule has 1 aliphatic rings. The predicted molar refractivity (Wildman–Crippen MR) is 138 cm³/mol. The molecule has 0 saturated carbocycles. The highest BCUT2D eigenvalue weighted by Gasteiger charge is 2.29. The van der Waals surface area contributed by atoms with Gasteiger partial charge in [-0.05, 0) is 37.3 Å². The van der Waals surface area contributed by atoms with Gasteiger partial charge in [0.15, 0.2) is 5.16 Å². The van der Waals surface area contributed by atoms with Crippen molar-refractivity contribution in [3.05, 3.63) is 77.0 Å². The number of nitrogens with one attached hydrogen (secondary N) is 1. The van der Waals surface area contributed by atoms with Crippen LogP contribution in [0.25, 0.3) is 0 Å². The molecular formula is C25H26ClFN6O2S. The summed E-state index contributed by atoms with van der Waals surface area (Å²) >= 11 is 7.46. The van der Waals surface area contributed by atoms with E-state index >= 15 is 0 Å². The molecule has 3 heterocycles. The van der Waals surface area contributed by atoms with E-state index < -0.39 is 5.82 Å². The van der Waals surface area contributed by atoms with Gasteiger partial charge in [-0.3, -0.25) is 14.6 Å². The molecule has 1 fully saturated rings. The van der Waals surface area contributed by atoms with E-state index in [0.717, 1.165) is 5.69 Å². The predicted octanol–water partition coefficient (Wildman–Crippen LogP) is 3.47. The van der Waals surface area contributed by atoms with E-state index in [1.807, 2.05) is 30.0 Å². The molecule has 11 heteroatoms. The van der Waals surface area contributed by atoms with Crippen molar-refractivity contribution in [2.45, 2.75) is 24.5 Å². The lowest BCUT2D eigenvalue weighted by atomic mass is 10.1. The van der Waals surface area contributed by atoms with Crippen molar-refractivity contribution in [1.82, 2.24) is 25.2 Å². The first-order valence-corrected chi connectivity index (χ1v) is 12.9. The zero-order valence-corrected chi connectivity index (χ0v) is 21.3. The zero-order chi connectivity index (χ0) is 25.5. The second-order valence-electron chi connectivity index (χ2n) is 8.35. The largest absolute Gasteiger partial charge is 0.355 e. The molecule has 0 aliphatic carbocycles. The molecule has 2 aromatic heterocycles. The van der Waals surface area contributed by atoms with E-state index in [2.05, 4.69) is 20.3 Å². The van der Waals surface area contributed by atoms with Crippen molar-refractivity contribution >= 4 is 41.0 Å². The Morgan fingerprint density at radius 3 is 2.78 bits per heavy atom. The molecule has 36 heavy (non-hydrogen) atoms. The lowest BCUT2D eigenvalue weighted by molar-refractivity contribution is -0.118. The average molecular weight is 529 g/mol. The fraction of sp³-hybridized carbons (Fsp3) is 0.320. The van der Waals surface area contributed by atoms with Crippen LogP contribution in [0.5, 0.6) is 0 Å². The number of halogens is 2. The molecule has 4 rings (SSSR count). The Kier molecular flexibility index (Phi) is 8.71. The maximum Gasteiger partial charge on any atom is 0.254 e. The number of aromatic nitrogens is 3. The molecular weight excluding hydrogens is 503 g/mol. The first-order chi connectivity index (χ1) is 17.4. The standard InChI is InChI=1S/C25H26ClFN6O2S/c1-17-15-32(11-12-33(17)24(35)18-5-4-6-19(27)13-18)22-14-21(26)30-25(31-22)36-16-23(34)29-10-8-20-7-2-3-9-28-20/h2-7,9,13-14,17H,8,10-12,15-16H2,1H3,(H,29,34). The van der Waals surface area contributed by atoms with Gasteiger partial charge in [0.05, 0.1) is 5.75 Å². The lowest BCUT2D eigenvalue weighted by Gasteiger charge is -2.40. The van der Waals surface area contributed by atoms with Gasteiger partial charge in [0, 0.05) is 62.2 Å². The molecule has 0 spiro atoms. The summed E-state index contributed by atoms with van der Waals surface area (Å²) in [5.74, 6) is 0.0354. The number of pyridine rings is 1. The van der Waals surface area contributed by atoms with Crippen LogP contribution in [0.3, 0.4) is 0 Å². The van der Waals surface area contributed by atoms with Gasteiger partial charge < -0.3 is 15.1 Å². The Morgan fingerprint density at radius 2 is 2.03 bits per heavy atom. The van der Waals surface area contributed by atoms with Crippen LogP contribution in [-0.2, 0) is 11.2 Å². The van der Waals surface area contributed by atoms with Gasteiger partial charge in [-0.25, -0.2) is 14.4 Å². The van der Waals surface area contributed by atoms with Crippen molar-refractivity contribution in [3.8, 4) is 0 Å². The number of benzene rings is 1. The van der Waals surface area contributed by atoms with E-state index in [4.69, 9.17) is 11.6 Å². The Labute approximate surface area is 218 Å². The molecule has 188 valence electrons. The third-order valence-electron chi connectivity index (χ3n) is 5.71. The summed E-state index contributed by atoms with van der Waals surface area (Å²) in [6, 6.07) is 13.0. The van der Waals surface area contributed by atoms with Crippen LogP contribution in [0.4, 0.5) is 10.2 Å². The minimum atomic E-state index is -0.435. The second-order valence-corrected chi connectivity index (χ2v) is 9.67. The van der Waals surface area contributed by atoms with Crippen LogP contribution >= 0.6 is 23.4 Å². The SMILES string of the molecule is CC1CN(c2cc(Cl)nc(SCC(=O)NCCc3ccccn3)n2)CCN1C(=O)c1cccc(F)c1. The Hall–Kier alpha value is -3.24. The lowest BCUT2D eigenvalue weighted by Crippen LogP contribution is -2.54. The summed E-state index contributed by atoms with van der Waals surface area (Å²) < 4.78 is 13.6. The number of carbonyl (C=O) groups excluding carboxylic acids is 2. The average Bonchev–Trinajstić information content (AvgIpc) is 2.87. The number of amides is 2. The van der Waals surface area contributed by atoms with Gasteiger partial charge in [-0.2, -0.15) is 0 Å². The minimum Gasteiger partial charge on any atom is -0.355 e. The molecule has 0 bridgehead atoms. The quantitative estimate of drug-likeness (QED) is 0.272. The van der Waals surface area contributed by atoms with Crippen molar-refractivity contribution in [2.24, 2.45) is 0 Å². The number of rotatable bonds is 8. The number of hydrogen-bond acceptors (Lipinski definition) is 7. The summed E-state index contributed by atoms with van der Waals surface area (Å²) in [4.78, 5) is 41.9. The summed E-state index contributed by atoms with van der Waals surface area (Å²) in [5.41, 5.74) is 1.25. The number of piperazine rings is 1. The van der Waals surface area contributed by atoms with Crippen LogP contribution in [0.15, 0.2) is 59.9 Å². The van der Waals surface area contributed by atoms with Gasteiger partial charge in [0.25, 0.3) is 5.91 Å². The maximum absolute atomic E-state index is 13.6. The van der Waals surface area contributed by atoms with E-state index in [-0.39, 0.29) is 28.8 Å².